The maximum Gasteiger partial charge on any atom is 0.351 e. The molecular weight excluding hydrogens is 727 g/mol. The number of rotatable bonds is 17. The minimum absolute atomic E-state index is 0.0544. The summed E-state index contributed by atoms with van der Waals surface area (Å²) in [7, 11) is -3.33. The number of carbonyl (C=O) groups excluding carboxylic acids is 3. The first-order chi connectivity index (χ1) is 24.4. The quantitative estimate of drug-likeness (QED) is 0.0231. The van der Waals surface area contributed by atoms with Gasteiger partial charge in [0.05, 0.1) is 18.8 Å². The molecule has 9 N–H and O–H groups in total. The molecule has 22 heteroatoms. The van der Waals surface area contributed by atoms with Gasteiger partial charge >= 0.3 is 11.9 Å². The van der Waals surface area contributed by atoms with Crippen LogP contribution in [0, 0.1) is 0 Å². The van der Waals surface area contributed by atoms with Crippen LogP contribution < -0.4 is 37.1 Å². The summed E-state index contributed by atoms with van der Waals surface area (Å²) in [5.41, 5.74) is 16.8. The number of likely N-dealkylation sites (tertiary alicyclic amines) is 1. The zero-order valence-electron chi connectivity index (χ0n) is 28.0. The Bertz CT molecular complexity index is 1950. The molecule has 3 atom stereocenters. The molecule has 1 fully saturated rings. The van der Waals surface area contributed by atoms with Crippen LogP contribution in [-0.4, -0.2) is 101 Å². The Balaban J connectivity index is 1.41. The number of nitrogens with two attached hydrogens (primary N) is 3. The van der Waals surface area contributed by atoms with Crippen LogP contribution in [0.5, 0.6) is 5.75 Å². The zero-order chi connectivity index (χ0) is 38.4. The minimum atomic E-state index is -5.09. The number of anilines is 2. The number of oxime groups is 1. The van der Waals surface area contributed by atoms with Crippen LogP contribution in [0.1, 0.15) is 26.0 Å². The number of aromatic nitrogens is 2. The number of aliphatic carboxylic acids is 1. The van der Waals surface area contributed by atoms with Crippen molar-refractivity contribution in [2.75, 3.05) is 30.9 Å². The molecule has 20 nitrogen and oxygen atoms in total. The lowest BCUT2D eigenvalue weighted by Crippen LogP contribution is -2.77. The van der Waals surface area contributed by atoms with Crippen LogP contribution in [0.4, 0.5) is 10.9 Å². The number of amides is 3. The summed E-state index contributed by atoms with van der Waals surface area (Å²) in [4.78, 5) is 60.4. The normalized spacial score (nSPS) is 16.7. The Morgan fingerprint density at radius 1 is 1.19 bits per heavy atom. The highest BCUT2D eigenvalue weighted by Gasteiger charge is 2.55. The molecule has 0 unspecified atom stereocenters. The Morgan fingerprint density at radius 3 is 2.42 bits per heavy atom. The number of ether oxygens (including phenoxy) is 1. The van der Waals surface area contributed by atoms with Crippen LogP contribution >= 0.6 is 11.3 Å². The maximum absolute atomic E-state index is 13.3. The Labute approximate surface area is 301 Å². The zero-order valence-corrected chi connectivity index (χ0v) is 29.7. The molecule has 1 aliphatic rings. The summed E-state index contributed by atoms with van der Waals surface area (Å²) >= 11 is 0.957. The second-order valence-electron chi connectivity index (χ2n) is 11.8. The van der Waals surface area contributed by atoms with E-state index in [1.165, 1.54) is 19.2 Å². The van der Waals surface area contributed by atoms with E-state index in [9.17, 15) is 37.3 Å². The molecule has 0 bridgehead atoms. The van der Waals surface area contributed by atoms with Gasteiger partial charge in [0.1, 0.15) is 36.9 Å². The molecule has 0 spiro atoms. The van der Waals surface area contributed by atoms with Crippen LogP contribution in [0.15, 0.2) is 53.1 Å². The van der Waals surface area contributed by atoms with Crippen LogP contribution in [0.2, 0.25) is 0 Å². The number of carbonyl (C=O) groups is 4. The first-order valence-electron chi connectivity index (χ1n) is 15.3. The van der Waals surface area contributed by atoms with E-state index in [0.29, 0.717) is 18.0 Å². The average molecular weight is 764 g/mol. The number of nitrogens with zero attached hydrogens (tertiary/aromatic N) is 4. The van der Waals surface area contributed by atoms with E-state index in [1.54, 1.807) is 54.2 Å². The van der Waals surface area contributed by atoms with Gasteiger partial charge in [0.15, 0.2) is 10.8 Å². The van der Waals surface area contributed by atoms with Gasteiger partial charge in [-0.15, -0.1) is 11.3 Å². The molecule has 1 aliphatic heterocycles. The fourth-order valence-corrected chi connectivity index (χ4v) is 5.62. The van der Waals surface area contributed by atoms with Crippen molar-refractivity contribution in [2.45, 2.75) is 44.0 Å². The number of hydrogen-bond donors (Lipinski definition) is 6. The van der Waals surface area contributed by atoms with E-state index >= 15 is 0 Å². The topological polar surface area (TPSA) is 308 Å². The van der Waals surface area contributed by atoms with Gasteiger partial charge in [-0.25, -0.2) is 32.9 Å². The van der Waals surface area contributed by atoms with E-state index in [4.69, 9.17) is 26.8 Å². The molecule has 4 rings (SSSR count). The van der Waals surface area contributed by atoms with Crippen molar-refractivity contribution < 1.29 is 55.6 Å². The number of carboxylic acids is 1. The highest BCUT2D eigenvalue weighted by Crippen LogP contribution is 2.32. The monoisotopic (exact) mass is 763 g/mol. The van der Waals surface area contributed by atoms with Gasteiger partial charge in [0.25, 0.3) is 17.8 Å². The lowest BCUT2D eigenvalue weighted by Gasteiger charge is -2.53. The van der Waals surface area contributed by atoms with Crippen LogP contribution in [0.25, 0.3) is 11.1 Å². The van der Waals surface area contributed by atoms with E-state index < -0.39 is 71.0 Å². The lowest BCUT2D eigenvalue weighted by molar-refractivity contribution is -0.656. The molecule has 3 heterocycles. The third-order valence-electron chi connectivity index (χ3n) is 7.83. The van der Waals surface area contributed by atoms with Crippen molar-refractivity contribution in [3.63, 3.8) is 0 Å². The molecule has 2 aromatic heterocycles. The Morgan fingerprint density at radius 2 is 1.87 bits per heavy atom. The SMILES string of the molecule is C[n+]1cc(-c2ccc(OC[C@H](O/N=C(\C(=O)N[C@@H]3C(=O)N(COS(=O)(=O)[O-])C3(C)C)c3csc(N)n3)C(=O)O)cc2)ccc1NC(=O)[C@@H](N)CCN. The molecule has 0 saturated carbocycles. The number of nitrogen functional groups attached to an aromatic ring is 1. The number of nitrogens with one attached hydrogen (secondary N) is 2. The molecule has 1 saturated heterocycles. The number of thiazole rings is 1. The number of carboxylic acid groups (broad SMARTS) is 1. The van der Waals surface area contributed by atoms with Crippen LogP contribution in [-0.2, 0) is 45.6 Å². The second-order valence-corrected chi connectivity index (χ2v) is 13.8. The summed E-state index contributed by atoms with van der Waals surface area (Å²) in [6.45, 7) is 1.86. The molecule has 3 amide bonds. The molecule has 280 valence electrons. The summed E-state index contributed by atoms with van der Waals surface area (Å²) < 4.78 is 44.1. The Kier molecular flexibility index (Phi) is 12.5. The predicted molar refractivity (Wildman–Crippen MR) is 183 cm³/mol. The average Bonchev–Trinajstić information content (AvgIpc) is 3.50. The van der Waals surface area contributed by atoms with Gasteiger partial charge < -0.3 is 46.7 Å². The summed E-state index contributed by atoms with van der Waals surface area (Å²) in [6, 6.07) is 8.25. The molecule has 0 aliphatic carbocycles. The minimum Gasteiger partial charge on any atom is -0.725 e. The van der Waals surface area contributed by atoms with Gasteiger partial charge in [-0.05, 0) is 50.6 Å². The third kappa shape index (κ3) is 9.74. The highest BCUT2D eigenvalue weighted by molar-refractivity contribution is 7.80. The number of β-lactam (4-membered cyclic amide) rings is 1. The van der Waals surface area contributed by atoms with Gasteiger partial charge in [0, 0.05) is 17.0 Å². The number of aryl methyl sites for hydroxylation is 1. The van der Waals surface area contributed by atoms with Gasteiger partial charge in [0.2, 0.25) is 16.3 Å². The molecule has 52 heavy (non-hydrogen) atoms. The number of benzene rings is 1. The maximum atomic E-state index is 13.3. The smallest absolute Gasteiger partial charge is 0.351 e. The van der Waals surface area contributed by atoms with Gasteiger partial charge in [-0.3, -0.25) is 13.8 Å². The first kappa shape index (κ1) is 39.5. The van der Waals surface area contributed by atoms with Crippen molar-refractivity contribution in [1.82, 2.24) is 15.2 Å². The lowest BCUT2D eigenvalue weighted by atomic mass is 9.82. The van der Waals surface area contributed by atoms with Gasteiger partial charge in [-0.2, -0.15) is 0 Å². The van der Waals surface area contributed by atoms with E-state index in [-0.39, 0.29) is 23.3 Å². The van der Waals surface area contributed by atoms with Crippen molar-refractivity contribution in [3.05, 3.63) is 53.7 Å². The Hall–Kier alpha value is -5.26. The van der Waals surface area contributed by atoms with Crippen molar-refractivity contribution >= 4 is 62.1 Å². The molecule has 3 aromatic rings. The van der Waals surface area contributed by atoms with E-state index in [1.807, 2.05) is 0 Å². The standard InChI is InChI=1S/C30H37N9O11S2/c1-30(2)24(27(42)39(30)15-49-52(45,46)47)36-26(41)23(20-14-51-29(33)34-20)37-50-21(28(43)44)13-48-18-7-4-16(5-8-18)17-6-9-22(38(3)12-17)35-25(40)19(32)10-11-31/h4-9,12,14,19,21,24H,10-11,13,15,31-32H2,1-3H3,(H5,33,34,36,41,43,44,45,46,47)/b37-23-/t19-,21-,24+/m0/s1. The van der Waals surface area contributed by atoms with Crippen LogP contribution in [0.3, 0.4) is 0 Å². The predicted octanol–water partition coefficient (Wildman–Crippen LogP) is -1.38. The van der Waals surface area contributed by atoms with Crippen molar-refractivity contribution in [3.8, 4) is 16.9 Å². The van der Waals surface area contributed by atoms with E-state index in [0.717, 1.165) is 27.4 Å². The molecule has 1 aromatic carbocycles. The number of hydrogen-bond acceptors (Lipinski definition) is 16. The summed E-state index contributed by atoms with van der Waals surface area (Å²) in [5.74, 6) is -2.77. The fourth-order valence-electron chi connectivity index (χ4n) is 4.83. The van der Waals surface area contributed by atoms with Crippen molar-refractivity contribution in [2.24, 2.45) is 23.7 Å². The fraction of sp³-hybridized carbons (Fsp3) is 0.367. The van der Waals surface area contributed by atoms with Gasteiger partial charge in [-0.1, -0.05) is 17.3 Å². The highest BCUT2D eigenvalue weighted by atomic mass is 32.3. The number of pyridine rings is 1. The second kappa shape index (κ2) is 16.4. The van der Waals surface area contributed by atoms with E-state index in [2.05, 4.69) is 25.0 Å². The first-order valence-corrected chi connectivity index (χ1v) is 17.5. The summed E-state index contributed by atoms with van der Waals surface area (Å²) in [6.07, 6.45) is 0.435. The summed E-state index contributed by atoms with van der Waals surface area (Å²) in [5, 5.41) is 20.1. The molecular formula is C30H37N9O11S2. The largest absolute Gasteiger partial charge is 0.725 e. The molecule has 0 radical (unpaired) electrons. The third-order valence-corrected chi connectivity index (χ3v) is 8.90. The van der Waals surface area contributed by atoms with Crippen molar-refractivity contribution in [1.29, 1.82) is 0 Å².